The molecule has 0 unspecified atom stereocenters. The molecule has 1 aliphatic heterocycles. The molecule has 1 aliphatic rings. The van der Waals surface area contributed by atoms with Crippen molar-refractivity contribution >= 4 is 26.8 Å². The molecule has 2 aromatic carbocycles. The highest BCUT2D eigenvalue weighted by molar-refractivity contribution is 7.89. The molecular weight excluding hydrogens is 490 g/mol. The number of amides is 1. The van der Waals surface area contributed by atoms with Crippen LogP contribution in [0, 0.1) is 0 Å². The number of aromatic nitrogens is 1. The minimum Gasteiger partial charge on any atom is -0.396 e. The summed E-state index contributed by atoms with van der Waals surface area (Å²) in [5.41, 5.74) is 10.6. The van der Waals surface area contributed by atoms with Crippen LogP contribution in [0.4, 0.5) is 0 Å². The van der Waals surface area contributed by atoms with E-state index in [4.69, 9.17) is 15.6 Å². The van der Waals surface area contributed by atoms with Gasteiger partial charge in [-0.1, -0.05) is 30.3 Å². The molecule has 37 heavy (non-hydrogen) atoms. The highest BCUT2D eigenvalue weighted by Gasteiger charge is 2.29. The highest BCUT2D eigenvalue weighted by Crippen LogP contribution is 2.37. The zero-order valence-corrected chi connectivity index (χ0v) is 22.0. The summed E-state index contributed by atoms with van der Waals surface area (Å²) in [5, 5.41) is 9.86. The van der Waals surface area contributed by atoms with Gasteiger partial charge in [-0.2, -0.15) is 0 Å². The molecule has 8 nitrogen and oxygen atoms in total. The number of fused-ring (bicyclic) bond motifs is 1. The summed E-state index contributed by atoms with van der Waals surface area (Å²) in [6, 6.07) is 14.2. The number of rotatable bonds is 13. The van der Waals surface area contributed by atoms with Crippen molar-refractivity contribution in [2.75, 3.05) is 38.7 Å². The van der Waals surface area contributed by atoms with E-state index in [1.165, 1.54) is 0 Å². The van der Waals surface area contributed by atoms with Crippen LogP contribution in [0.2, 0.25) is 0 Å². The number of carbonyl (C=O) groups excluding carboxylic acids is 1. The number of hydrogen-bond acceptors (Lipinski definition) is 5. The molecule has 200 valence electrons. The minimum atomic E-state index is -3.32. The molecule has 0 aliphatic carbocycles. The lowest BCUT2D eigenvalue weighted by atomic mass is 9.88. The van der Waals surface area contributed by atoms with Gasteiger partial charge in [-0.25, -0.2) is 12.7 Å². The van der Waals surface area contributed by atoms with Crippen LogP contribution in [-0.4, -0.2) is 67.4 Å². The Morgan fingerprint density at radius 3 is 2.49 bits per heavy atom. The van der Waals surface area contributed by atoms with Crippen molar-refractivity contribution < 1.29 is 23.1 Å². The fourth-order valence-corrected chi connectivity index (χ4v) is 6.63. The van der Waals surface area contributed by atoms with Crippen molar-refractivity contribution in [3.05, 3.63) is 59.8 Å². The Morgan fingerprint density at radius 2 is 1.78 bits per heavy atom. The molecule has 1 fully saturated rings. The first kappa shape index (κ1) is 27.3. The van der Waals surface area contributed by atoms with Gasteiger partial charge in [-0.05, 0) is 72.4 Å². The van der Waals surface area contributed by atoms with E-state index in [1.807, 2.05) is 42.6 Å². The molecule has 0 saturated carbocycles. The molecule has 4 rings (SSSR count). The second-order valence-corrected chi connectivity index (χ2v) is 11.8. The maximum atomic E-state index is 12.9. The van der Waals surface area contributed by atoms with Crippen molar-refractivity contribution in [3.63, 3.8) is 0 Å². The number of benzene rings is 2. The first-order valence-electron chi connectivity index (χ1n) is 13.0. The fraction of sp³-hybridized carbons (Fsp3) is 0.464. The fourth-order valence-electron chi connectivity index (χ4n) is 5.13. The summed E-state index contributed by atoms with van der Waals surface area (Å²) < 4.78 is 32.8. The molecule has 3 aromatic rings. The zero-order valence-electron chi connectivity index (χ0n) is 21.2. The van der Waals surface area contributed by atoms with Crippen molar-refractivity contribution in [3.8, 4) is 11.1 Å². The summed E-state index contributed by atoms with van der Waals surface area (Å²) >= 11 is 0. The normalized spacial score (nSPS) is 15.4. The van der Waals surface area contributed by atoms with E-state index in [1.54, 1.807) is 4.31 Å². The molecule has 2 heterocycles. The van der Waals surface area contributed by atoms with Crippen molar-refractivity contribution in [2.45, 2.75) is 44.4 Å². The Morgan fingerprint density at radius 1 is 1.05 bits per heavy atom. The Bertz CT molecular complexity index is 1280. The number of unbranched alkanes of at least 4 members (excludes halogenated alkanes) is 1. The first-order chi connectivity index (χ1) is 17.9. The molecule has 4 N–H and O–H groups in total. The predicted molar refractivity (Wildman–Crippen MR) is 146 cm³/mol. The third kappa shape index (κ3) is 6.98. The number of piperidine rings is 1. The van der Waals surface area contributed by atoms with Gasteiger partial charge in [0.05, 0.1) is 12.2 Å². The largest absolute Gasteiger partial charge is 0.396 e. The van der Waals surface area contributed by atoms with Crippen LogP contribution >= 0.6 is 0 Å². The van der Waals surface area contributed by atoms with Crippen LogP contribution in [0.15, 0.2) is 48.7 Å². The number of sulfonamides is 1. The van der Waals surface area contributed by atoms with E-state index in [2.05, 4.69) is 11.1 Å². The van der Waals surface area contributed by atoms with E-state index in [9.17, 15) is 13.2 Å². The molecular formula is C28H37N3O5S. The highest BCUT2D eigenvalue weighted by atomic mass is 32.2. The number of aromatic amines is 1. The van der Waals surface area contributed by atoms with Crippen molar-refractivity contribution in [1.29, 1.82) is 0 Å². The van der Waals surface area contributed by atoms with Gasteiger partial charge in [0.25, 0.3) is 0 Å². The number of hydrogen-bond donors (Lipinski definition) is 3. The standard InChI is InChI=1S/C28H37N3O5S/c29-27(33)19-24-17-23(21-7-2-1-3-8-21)18-25-26(20-30-28(24)25)22-9-11-31(12-10-22)37(34,35)16-6-15-36-14-5-4-13-32/h1-3,7-8,17-18,20,22,30,32H,4-6,9-16,19H2,(H2,29,33). The number of nitrogens with one attached hydrogen (secondary N) is 1. The van der Waals surface area contributed by atoms with E-state index in [0.717, 1.165) is 52.4 Å². The molecule has 1 amide bonds. The van der Waals surface area contributed by atoms with E-state index in [0.29, 0.717) is 39.1 Å². The van der Waals surface area contributed by atoms with Gasteiger partial charge in [-0.15, -0.1) is 0 Å². The maximum Gasteiger partial charge on any atom is 0.221 e. The molecule has 0 atom stereocenters. The summed E-state index contributed by atoms with van der Waals surface area (Å²) in [4.78, 5) is 15.1. The number of nitrogens with zero attached hydrogens (tertiary/aromatic N) is 1. The Balaban J connectivity index is 1.44. The van der Waals surface area contributed by atoms with Gasteiger partial charge in [0.2, 0.25) is 15.9 Å². The lowest BCUT2D eigenvalue weighted by molar-refractivity contribution is -0.117. The van der Waals surface area contributed by atoms with Crippen molar-refractivity contribution in [2.24, 2.45) is 5.73 Å². The number of primary amides is 1. The second-order valence-electron chi connectivity index (χ2n) is 9.70. The third-order valence-corrected chi connectivity index (χ3v) is 9.01. The number of carbonyl (C=O) groups is 1. The van der Waals surface area contributed by atoms with E-state index >= 15 is 0 Å². The van der Waals surface area contributed by atoms with Crippen LogP contribution < -0.4 is 5.73 Å². The number of nitrogens with two attached hydrogens (primary N) is 1. The van der Waals surface area contributed by atoms with E-state index < -0.39 is 10.0 Å². The van der Waals surface area contributed by atoms with E-state index in [-0.39, 0.29) is 30.6 Å². The lowest BCUT2D eigenvalue weighted by Gasteiger charge is -2.31. The summed E-state index contributed by atoms with van der Waals surface area (Å²) in [7, 11) is -3.32. The van der Waals surface area contributed by atoms with Gasteiger partial charge in [0, 0.05) is 50.0 Å². The molecule has 9 heteroatoms. The summed E-state index contributed by atoms with van der Waals surface area (Å²) in [6.45, 7) is 2.08. The number of aliphatic hydroxyl groups excluding tert-OH is 1. The number of ether oxygens (including phenoxy) is 1. The number of H-pyrrole nitrogens is 1. The van der Waals surface area contributed by atoms with Crippen LogP contribution in [0.3, 0.4) is 0 Å². The quantitative estimate of drug-likeness (QED) is 0.293. The smallest absolute Gasteiger partial charge is 0.221 e. The van der Waals surface area contributed by atoms with Crippen LogP contribution in [0.25, 0.3) is 22.0 Å². The molecule has 0 bridgehead atoms. The minimum absolute atomic E-state index is 0.0850. The molecule has 0 spiro atoms. The van der Waals surface area contributed by atoms with Crippen LogP contribution in [-0.2, 0) is 26.0 Å². The zero-order chi connectivity index (χ0) is 26.3. The van der Waals surface area contributed by atoms with Crippen LogP contribution in [0.1, 0.15) is 49.1 Å². The van der Waals surface area contributed by atoms with Crippen molar-refractivity contribution in [1.82, 2.24) is 9.29 Å². The summed E-state index contributed by atoms with van der Waals surface area (Å²) in [5.74, 6) is -0.0685. The molecule has 1 saturated heterocycles. The van der Waals surface area contributed by atoms with Crippen LogP contribution in [0.5, 0.6) is 0 Å². The Labute approximate surface area is 218 Å². The van der Waals surface area contributed by atoms with Gasteiger partial charge >= 0.3 is 0 Å². The second kappa shape index (κ2) is 12.7. The SMILES string of the molecule is NC(=O)Cc1cc(-c2ccccc2)cc2c(C3CCN(S(=O)(=O)CCCOCCCCO)CC3)c[nH]c12. The van der Waals surface area contributed by atoms with Gasteiger partial charge in [-0.3, -0.25) is 4.79 Å². The lowest BCUT2D eigenvalue weighted by Crippen LogP contribution is -2.39. The van der Waals surface area contributed by atoms with Gasteiger partial charge in [0.1, 0.15) is 0 Å². The average Bonchev–Trinajstić information content (AvgIpc) is 3.33. The summed E-state index contributed by atoms with van der Waals surface area (Å²) in [6.07, 6.45) is 5.58. The Hall–Kier alpha value is -2.72. The Kier molecular flexibility index (Phi) is 9.37. The first-order valence-corrected chi connectivity index (χ1v) is 14.6. The number of aliphatic hydroxyl groups is 1. The monoisotopic (exact) mass is 527 g/mol. The average molecular weight is 528 g/mol. The molecule has 1 aromatic heterocycles. The maximum absolute atomic E-state index is 12.9. The molecule has 0 radical (unpaired) electrons. The topological polar surface area (TPSA) is 126 Å². The van der Waals surface area contributed by atoms with Gasteiger partial charge < -0.3 is 20.6 Å². The predicted octanol–water partition coefficient (Wildman–Crippen LogP) is 3.55. The third-order valence-electron chi connectivity index (χ3n) is 7.05. The van der Waals surface area contributed by atoms with Gasteiger partial charge in [0.15, 0.2) is 0 Å².